The van der Waals surface area contributed by atoms with Gasteiger partial charge in [0.05, 0.1) is 0 Å². The molecule has 1 aromatic carbocycles. The molecule has 0 aliphatic rings. The molecule has 3 nitrogen and oxygen atoms in total. The minimum absolute atomic E-state index is 0.108. The predicted octanol–water partition coefficient (Wildman–Crippen LogP) is 1.08. The second kappa shape index (κ2) is 4.66. The largest absolute Gasteiger partial charge is 0.492 e. The van der Waals surface area contributed by atoms with Gasteiger partial charge in [-0.25, -0.2) is 4.98 Å². The zero-order valence-corrected chi connectivity index (χ0v) is 9.09. The van der Waals surface area contributed by atoms with E-state index in [-0.39, 0.29) is 10.6 Å². The molecule has 0 spiro atoms. The van der Waals surface area contributed by atoms with E-state index in [2.05, 4.69) is 4.98 Å². The highest BCUT2D eigenvalue weighted by atomic mass is 35.5. The molecule has 80 valence electrons. The van der Waals surface area contributed by atoms with Crippen molar-refractivity contribution in [3.05, 3.63) is 47.7 Å². The first-order valence-electron chi connectivity index (χ1n) is 4.76. The Kier molecular flexibility index (Phi) is 3.24. The van der Waals surface area contributed by atoms with E-state index in [1.807, 2.05) is 30.3 Å². The number of benzene rings is 1. The molecule has 0 aliphatic heterocycles. The minimum atomic E-state index is -1.63. The van der Waals surface area contributed by atoms with E-state index in [0.29, 0.717) is 5.56 Å². The summed E-state index contributed by atoms with van der Waals surface area (Å²) in [7, 11) is -1.63. The van der Waals surface area contributed by atoms with Crippen molar-refractivity contribution in [1.29, 1.82) is 0 Å². The summed E-state index contributed by atoms with van der Waals surface area (Å²) >= 11 is 5.84. The molecule has 0 unspecified atom stereocenters. The summed E-state index contributed by atoms with van der Waals surface area (Å²) < 4.78 is 0. The summed E-state index contributed by atoms with van der Waals surface area (Å²) in [6.07, 6.45) is 1.54. The number of pyridine rings is 1. The Morgan fingerprint density at radius 1 is 1.06 bits per heavy atom. The fourth-order valence-corrected chi connectivity index (χ4v) is 1.82. The normalized spacial score (nSPS) is 10.2. The molecular weight excluding hydrogens is 224 g/mol. The Hall–Kier alpha value is -1.36. The number of rotatable bonds is 2. The van der Waals surface area contributed by atoms with Crippen molar-refractivity contribution >= 4 is 24.2 Å². The molecule has 0 saturated carbocycles. The van der Waals surface area contributed by atoms with Gasteiger partial charge in [0.2, 0.25) is 0 Å². The zero-order chi connectivity index (χ0) is 11.5. The zero-order valence-electron chi connectivity index (χ0n) is 8.34. The van der Waals surface area contributed by atoms with E-state index in [1.54, 1.807) is 6.07 Å². The summed E-state index contributed by atoms with van der Waals surface area (Å²) in [6.45, 7) is 0. The SMILES string of the molecule is OB(O)c1c(-c2ccccc2)ccnc1Cl. The van der Waals surface area contributed by atoms with E-state index in [1.165, 1.54) is 6.20 Å². The Bertz CT molecular complexity index is 491. The molecular formula is C11H9BClNO2. The van der Waals surface area contributed by atoms with Crippen molar-refractivity contribution in [3.63, 3.8) is 0 Å². The van der Waals surface area contributed by atoms with Crippen LogP contribution < -0.4 is 5.46 Å². The first-order chi connectivity index (χ1) is 7.70. The molecule has 16 heavy (non-hydrogen) atoms. The van der Waals surface area contributed by atoms with E-state index in [9.17, 15) is 10.0 Å². The van der Waals surface area contributed by atoms with E-state index in [4.69, 9.17) is 11.6 Å². The third kappa shape index (κ3) is 2.09. The summed E-state index contributed by atoms with van der Waals surface area (Å²) in [5, 5.41) is 18.7. The molecule has 0 amide bonds. The third-order valence-corrected chi connectivity index (χ3v) is 2.59. The van der Waals surface area contributed by atoms with Crippen LogP contribution in [0.4, 0.5) is 0 Å². The number of hydrogen-bond acceptors (Lipinski definition) is 3. The second-order valence-electron chi connectivity index (χ2n) is 3.30. The Balaban J connectivity index is 2.61. The lowest BCUT2D eigenvalue weighted by atomic mass is 9.76. The van der Waals surface area contributed by atoms with Gasteiger partial charge in [-0.1, -0.05) is 41.9 Å². The maximum absolute atomic E-state index is 9.28. The van der Waals surface area contributed by atoms with Gasteiger partial charge in [0.15, 0.2) is 0 Å². The maximum atomic E-state index is 9.28. The van der Waals surface area contributed by atoms with Crippen molar-refractivity contribution in [2.75, 3.05) is 0 Å². The highest BCUT2D eigenvalue weighted by Gasteiger charge is 2.21. The van der Waals surface area contributed by atoms with Crippen LogP contribution in [0.15, 0.2) is 42.6 Å². The lowest BCUT2D eigenvalue weighted by molar-refractivity contribution is 0.426. The highest BCUT2D eigenvalue weighted by Crippen LogP contribution is 2.19. The van der Waals surface area contributed by atoms with Gasteiger partial charge in [0, 0.05) is 11.7 Å². The number of aromatic nitrogens is 1. The summed E-state index contributed by atoms with van der Waals surface area (Å²) in [5.41, 5.74) is 1.78. The first-order valence-corrected chi connectivity index (χ1v) is 5.14. The smallest absolute Gasteiger partial charge is 0.423 e. The molecule has 0 saturated heterocycles. The number of nitrogens with zero attached hydrogens (tertiary/aromatic N) is 1. The molecule has 0 fully saturated rings. The van der Waals surface area contributed by atoms with Gasteiger partial charge in [0.25, 0.3) is 0 Å². The third-order valence-electron chi connectivity index (χ3n) is 2.28. The first kappa shape index (κ1) is 11.1. The molecule has 2 rings (SSSR count). The van der Waals surface area contributed by atoms with Crippen molar-refractivity contribution in [2.45, 2.75) is 0 Å². The molecule has 0 aliphatic carbocycles. The maximum Gasteiger partial charge on any atom is 0.492 e. The van der Waals surface area contributed by atoms with Gasteiger partial charge in [0.1, 0.15) is 5.15 Å². The molecule has 1 aromatic heterocycles. The fraction of sp³-hybridized carbons (Fsp3) is 0. The topological polar surface area (TPSA) is 53.4 Å². The van der Waals surface area contributed by atoms with Crippen LogP contribution >= 0.6 is 11.6 Å². The van der Waals surface area contributed by atoms with E-state index >= 15 is 0 Å². The molecule has 0 bridgehead atoms. The lowest BCUT2D eigenvalue weighted by Gasteiger charge is -2.09. The summed E-state index contributed by atoms with van der Waals surface area (Å²) in [5.74, 6) is 0. The minimum Gasteiger partial charge on any atom is -0.423 e. The number of hydrogen-bond donors (Lipinski definition) is 2. The summed E-state index contributed by atoms with van der Waals surface area (Å²) in [4.78, 5) is 3.83. The monoisotopic (exact) mass is 233 g/mol. The van der Waals surface area contributed by atoms with Crippen molar-refractivity contribution < 1.29 is 10.0 Å². The molecule has 0 atom stereocenters. The molecule has 0 radical (unpaired) electrons. The average molecular weight is 233 g/mol. The van der Waals surface area contributed by atoms with Crippen LogP contribution in [0.2, 0.25) is 5.15 Å². The summed E-state index contributed by atoms with van der Waals surface area (Å²) in [6, 6.07) is 11.1. The van der Waals surface area contributed by atoms with Crippen LogP contribution in [0, 0.1) is 0 Å². The van der Waals surface area contributed by atoms with Crippen LogP contribution in [0.1, 0.15) is 0 Å². The molecule has 2 N–H and O–H groups in total. The Labute approximate surface area is 98.5 Å². The van der Waals surface area contributed by atoms with Gasteiger partial charge in [-0.3, -0.25) is 0 Å². The molecule has 2 aromatic rings. The van der Waals surface area contributed by atoms with Crippen LogP contribution in [0.5, 0.6) is 0 Å². The Morgan fingerprint density at radius 3 is 2.38 bits per heavy atom. The lowest BCUT2D eigenvalue weighted by Crippen LogP contribution is -2.33. The predicted molar refractivity (Wildman–Crippen MR) is 64.5 cm³/mol. The molecule has 1 heterocycles. The second-order valence-corrected chi connectivity index (χ2v) is 3.66. The van der Waals surface area contributed by atoms with Gasteiger partial charge < -0.3 is 10.0 Å². The van der Waals surface area contributed by atoms with Crippen LogP contribution in [0.25, 0.3) is 11.1 Å². The Morgan fingerprint density at radius 2 is 1.75 bits per heavy atom. The van der Waals surface area contributed by atoms with Crippen molar-refractivity contribution in [2.24, 2.45) is 0 Å². The van der Waals surface area contributed by atoms with Crippen LogP contribution in [-0.2, 0) is 0 Å². The van der Waals surface area contributed by atoms with Crippen LogP contribution in [-0.4, -0.2) is 22.2 Å². The van der Waals surface area contributed by atoms with Gasteiger partial charge in [-0.15, -0.1) is 0 Å². The fourth-order valence-electron chi connectivity index (χ4n) is 1.56. The van der Waals surface area contributed by atoms with Crippen molar-refractivity contribution in [1.82, 2.24) is 4.98 Å². The number of halogens is 1. The highest BCUT2D eigenvalue weighted by molar-refractivity contribution is 6.64. The van der Waals surface area contributed by atoms with Gasteiger partial charge in [-0.05, 0) is 17.2 Å². The van der Waals surface area contributed by atoms with E-state index < -0.39 is 7.12 Å². The van der Waals surface area contributed by atoms with E-state index in [0.717, 1.165) is 5.56 Å². The average Bonchev–Trinajstić information content (AvgIpc) is 2.29. The van der Waals surface area contributed by atoms with Gasteiger partial charge in [-0.2, -0.15) is 0 Å². The molecule has 5 heteroatoms. The standard InChI is InChI=1S/C11H9BClNO2/c13-11-10(12(15)16)9(6-7-14-11)8-4-2-1-3-5-8/h1-7,15-16H. The van der Waals surface area contributed by atoms with Crippen LogP contribution in [0.3, 0.4) is 0 Å². The van der Waals surface area contributed by atoms with Gasteiger partial charge >= 0.3 is 7.12 Å². The van der Waals surface area contributed by atoms with Crippen molar-refractivity contribution in [3.8, 4) is 11.1 Å². The quantitative estimate of drug-likeness (QED) is 0.603.